The Hall–Kier alpha value is -3.08. The number of nitrogens with one attached hydrogen (secondary N) is 1. The Morgan fingerprint density at radius 1 is 1.18 bits per heavy atom. The van der Waals surface area contributed by atoms with Gasteiger partial charge in [0, 0.05) is 16.6 Å². The van der Waals surface area contributed by atoms with Gasteiger partial charge in [-0.25, -0.2) is 4.79 Å². The summed E-state index contributed by atoms with van der Waals surface area (Å²) in [5, 5.41) is 13.0. The van der Waals surface area contributed by atoms with E-state index in [1.807, 2.05) is 0 Å². The number of carbonyl (C=O) groups is 2. The number of thioether (sulfide) groups is 1. The zero-order valence-corrected chi connectivity index (χ0v) is 15.0. The SMILES string of the molecule is CC(OC(=O)c1ccc(SC(F)F)cc1)C(=O)Nc1ccc(F)c([N+](=O)[O-])c1. The van der Waals surface area contributed by atoms with Crippen molar-refractivity contribution in [1.29, 1.82) is 0 Å². The molecule has 0 fully saturated rings. The van der Waals surface area contributed by atoms with Gasteiger partial charge in [-0.3, -0.25) is 14.9 Å². The van der Waals surface area contributed by atoms with Crippen LogP contribution < -0.4 is 5.32 Å². The van der Waals surface area contributed by atoms with E-state index < -0.39 is 40.2 Å². The summed E-state index contributed by atoms with van der Waals surface area (Å²) in [5.41, 5.74) is -0.811. The third kappa shape index (κ3) is 5.71. The molecule has 11 heteroatoms. The first-order chi connectivity index (χ1) is 13.2. The van der Waals surface area contributed by atoms with Crippen molar-refractivity contribution in [2.45, 2.75) is 23.7 Å². The third-order valence-electron chi connectivity index (χ3n) is 3.38. The highest BCUT2D eigenvalue weighted by atomic mass is 32.2. The predicted molar refractivity (Wildman–Crippen MR) is 94.9 cm³/mol. The molecule has 1 amide bonds. The number of benzene rings is 2. The normalized spacial score (nSPS) is 11.8. The molecule has 0 aliphatic rings. The second-order valence-electron chi connectivity index (χ2n) is 5.36. The summed E-state index contributed by atoms with van der Waals surface area (Å²) < 4.78 is 42.8. The highest BCUT2D eigenvalue weighted by Gasteiger charge is 2.21. The minimum atomic E-state index is -2.59. The number of hydrogen-bond donors (Lipinski definition) is 1. The number of hydrogen-bond acceptors (Lipinski definition) is 6. The molecule has 0 aliphatic carbocycles. The number of halogens is 3. The standard InChI is InChI=1S/C17H13F3N2O5S/c1-9(15(23)21-11-4-7-13(18)14(8-11)22(25)26)27-16(24)10-2-5-12(6-3-10)28-17(19)20/h2-9,17H,1H3,(H,21,23). The Morgan fingerprint density at radius 2 is 1.82 bits per heavy atom. The van der Waals surface area contributed by atoms with Gasteiger partial charge in [-0.05, 0) is 43.3 Å². The molecule has 0 aromatic heterocycles. The Balaban J connectivity index is 1.99. The molecule has 0 bridgehead atoms. The lowest BCUT2D eigenvalue weighted by atomic mass is 10.2. The van der Waals surface area contributed by atoms with E-state index in [4.69, 9.17) is 4.74 Å². The number of carbonyl (C=O) groups excluding carboxylic acids is 2. The fourth-order valence-corrected chi connectivity index (χ4v) is 2.53. The fourth-order valence-electron chi connectivity index (χ4n) is 2.03. The van der Waals surface area contributed by atoms with Gasteiger partial charge < -0.3 is 10.1 Å². The van der Waals surface area contributed by atoms with Crippen LogP contribution in [0.1, 0.15) is 17.3 Å². The summed E-state index contributed by atoms with van der Waals surface area (Å²) in [6.07, 6.45) is -1.27. The van der Waals surface area contributed by atoms with Crippen LogP contribution in [-0.2, 0) is 9.53 Å². The Bertz CT molecular complexity index is 893. The van der Waals surface area contributed by atoms with Crippen molar-refractivity contribution in [2.24, 2.45) is 0 Å². The summed E-state index contributed by atoms with van der Waals surface area (Å²) in [4.78, 5) is 34.2. The van der Waals surface area contributed by atoms with Gasteiger partial charge in [0.25, 0.3) is 11.7 Å². The second-order valence-corrected chi connectivity index (χ2v) is 6.43. The Morgan fingerprint density at radius 3 is 2.39 bits per heavy atom. The molecule has 0 spiro atoms. The van der Waals surface area contributed by atoms with Gasteiger partial charge in [0.15, 0.2) is 6.10 Å². The van der Waals surface area contributed by atoms with Crippen molar-refractivity contribution in [3.63, 3.8) is 0 Å². The number of rotatable bonds is 7. The van der Waals surface area contributed by atoms with Crippen molar-refractivity contribution < 1.29 is 32.4 Å². The van der Waals surface area contributed by atoms with Crippen molar-refractivity contribution in [2.75, 3.05) is 5.32 Å². The number of nitro groups is 1. The van der Waals surface area contributed by atoms with Gasteiger partial charge in [0.2, 0.25) is 5.82 Å². The zero-order valence-electron chi connectivity index (χ0n) is 14.2. The lowest BCUT2D eigenvalue weighted by Crippen LogP contribution is -2.30. The molecule has 7 nitrogen and oxygen atoms in total. The van der Waals surface area contributed by atoms with E-state index in [1.165, 1.54) is 31.2 Å². The molecule has 0 saturated carbocycles. The van der Waals surface area contributed by atoms with E-state index in [-0.39, 0.29) is 16.1 Å². The summed E-state index contributed by atoms with van der Waals surface area (Å²) in [5.74, 6) is -5.31. The molecule has 0 aliphatic heterocycles. The molecular formula is C17H13F3N2O5S. The lowest BCUT2D eigenvalue weighted by molar-refractivity contribution is -0.387. The van der Waals surface area contributed by atoms with Gasteiger partial charge >= 0.3 is 11.7 Å². The zero-order chi connectivity index (χ0) is 20.8. The molecule has 2 aromatic rings. The third-order valence-corrected chi connectivity index (χ3v) is 4.10. The minimum Gasteiger partial charge on any atom is -0.449 e. The van der Waals surface area contributed by atoms with Crippen LogP contribution in [0.3, 0.4) is 0 Å². The highest BCUT2D eigenvalue weighted by Crippen LogP contribution is 2.25. The maximum atomic E-state index is 13.3. The molecule has 0 heterocycles. The monoisotopic (exact) mass is 414 g/mol. The van der Waals surface area contributed by atoms with Crippen LogP contribution in [0.2, 0.25) is 0 Å². The number of anilines is 1. The van der Waals surface area contributed by atoms with Crippen LogP contribution in [-0.4, -0.2) is 28.7 Å². The molecule has 2 aromatic carbocycles. The van der Waals surface area contributed by atoms with Gasteiger partial charge in [0.1, 0.15) is 0 Å². The van der Waals surface area contributed by atoms with Crippen LogP contribution in [0, 0.1) is 15.9 Å². The van der Waals surface area contributed by atoms with Gasteiger partial charge in [0.05, 0.1) is 10.5 Å². The number of ether oxygens (including phenoxy) is 1. The van der Waals surface area contributed by atoms with Crippen LogP contribution in [0.4, 0.5) is 24.5 Å². The maximum absolute atomic E-state index is 13.3. The lowest BCUT2D eigenvalue weighted by Gasteiger charge is -2.13. The van der Waals surface area contributed by atoms with Crippen LogP contribution in [0.15, 0.2) is 47.4 Å². The number of nitrogens with zero attached hydrogens (tertiary/aromatic N) is 1. The second kappa shape index (κ2) is 9.22. The quantitative estimate of drug-likeness (QED) is 0.315. The van der Waals surface area contributed by atoms with E-state index in [0.29, 0.717) is 11.8 Å². The van der Waals surface area contributed by atoms with Crippen LogP contribution in [0.5, 0.6) is 0 Å². The number of alkyl halides is 2. The smallest absolute Gasteiger partial charge is 0.338 e. The molecule has 28 heavy (non-hydrogen) atoms. The maximum Gasteiger partial charge on any atom is 0.338 e. The van der Waals surface area contributed by atoms with Gasteiger partial charge in [-0.15, -0.1) is 0 Å². The van der Waals surface area contributed by atoms with Gasteiger partial charge in [-0.1, -0.05) is 11.8 Å². The van der Waals surface area contributed by atoms with E-state index >= 15 is 0 Å². The van der Waals surface area contributed by atoms with E-state index in [9.17, 15) is 32.9 Å². The fraction of sp³-hybridized carbons (Fsp3) is 0.176. The molecular weight excluding hydrogens is 401 g/mol. The molecule has 1 unspecified atom stereocenters. The van der Waals surface area contributed by atoms with Crippen LogP contribution in [0.25, 0.3) is 0 Å². The van der Waals surface area contributed by atoms with Crippen molar-refractivity contribution in [1.82, 2.24) is 0 Å². The largest absolute Gasteiger partial charge is 0.449 e. The summed E-state index contributed by atoms with van der Waals surface area (Å²) in [7, 11) is 0. The van der Waals surface area contributed by atoms with E-state index in [2.05, 4.69) is 5.32 Å². The first-order valence-electron chi connectivity index (χ1n) is 7.68. The summed E-state index contributed by atoms with van der Waals surface area (Å²) in [6.45, 7) is 1.27. The first-order valence-corrected chi connectivity index (χ1v) is 8.56. The summed E-state index contributed by atoms with van der Waals surface area (Å²) >= 11 is 0.319. The molecule has 2 rings (SSSR count). The summed E-state index contributed by atoms with van der Waals surface area (Å²) in [6, 6.07) is 7.96. The Labute approximate surface area is 161 Å². The number of amides is 1. The van der Waals surface area contributed by atoms with E-state index in [0.717, 1.165) is 18.2 Å². The van der Waals surface area contributed by atoms with Crippen LogP contribution >= 0.6 is 11.8 Å². The van der Waals surface area contributed by atoms with E-state index in [1.54, 1.807) is 0 Å². The molecule has 1 N–H and O–H groups in total. The Kier molecular flexibility index (Phi) is 6.99. The average Bonchev–Trinajstić information content (AvgIpc) is 2.63. The molecule has 148 valence electrons. The van der Waals surface area contributed by atoms with Gasteiger partial charge in [-0.2, -0.15) is 13.2 Å². The topological polar surface area (TPSA) is 98.5 Å². The van der Waals surface area contributed by atoms with Crippen molar-refractivity contribution >= 4 is 35.0 Å². The highest BCUT2D eigenvalue weighted by molar-refractivity contribution is 7.99. The first kappa shape index (κ1) is 21.2. The predicted octanol–water partition coefficient (Wildman–Crippen LogP) is 4.23. The number of nitro benzene ring substituents is 1. The minimum absolute atomic E-state index is 0.0469. The van der Waals surface area contributed by atoms with Crippen molar-refractivity contribution in [3.8, 4) is 0 Å². The van der Waals surface area contributed by atoms with Crippen molar-refractivity contribution in [3.05, 3.63) is 64.0 Å². The average molecular weight is 414 g/mol. The molecule has 0 saturated heterocycles. The number of esters is 1. The molecule has 0 radical (unpaired) electrons. The molecule has 1 atom stereocenters.